The maximum Gasteiger partial charge on any atom is 0.303 e. The Bertz CT molecular complexity index is 251. The highest BCUT2D eigenvalue weighted by molar-refractivity contribution is 5.66. The van der Waals surface area contributed by atoms with Crippen molar-refractivity contribution in [1.82, 2.24) is 0 Å². The third kappa shape index (κ3) is 6.10. The van der Waals surface area contributed by atoms with E-state index in [1.54, 1.807) is 13.8 Å². The van der Waals surface area contributed by atoms with Crippen LogP contribution in [-0.4, -0.2) is 35.5 Å². The van der Waals surface area contributed by atoms with Gasteiger partial charge in [-0.15, -0.1) is 0 Å². The zero-order valence-corrected chi connectivity index (χ0v) is 9.36. The first-order chi connectivity index (χ1) is 6.99. The average Bonchev–Trinajstić information content (AvgIpc) is 2.21. The van der Waals surface area contributed by atoms with Gasteiger partial charge >= 0.3 is 5.97 Å². The Morgan fingerprint density at radius 2 is 2.07 bits per heavy atom. The van der Waals surface area contributed by atoms with Crippen LogP contribution in [0.3, 0.4) is 0 Å². The fourth-order valence-electron chi connectivity index (χ4n) is 1.03. The third-order valence-corrected chi connectivity index (χ3v) is 2.06. The summed E-state index contributed by atoms with van der Waals surface area (Å²) in [5.41, 5.74) is 0. The molecule has 0 aliphatic carbocycles. The van der Waals surface area contributed by atoms with Gasteiger partial charge in [0.15, 0.2) is 6.61 Å². The first kappa shape index (κ1) is 13.9. The molecule has 86 valence electrons. The normalized spacial score (nSPS) is 15.8. The van der Waals surface area contributed by atoms with E-state index in [0.29, 0.717) is 0 Å². The van der Waals surface area contributed by atoms with Crippen LogP contribution in [0.2, 0.25) is 0 Å². The molecular weight excluding hydrogens is 196 g/mol. The van der Waals surface area contributed by atoms with Crippen molar-refractivity contribution >= 4 is 5.97 Å². The molecule has 0 rings (SSSR count). The predicted molar refractivity (Wildman–Crippen MR) is 55.8 cm³/mol. The van der Waals surface area contributed by atoms with Crippen molar-refractivity contribution in [3.05, 3.63) is 0 Å². The maximum absolute atomic E-state index is 10.4. The lowest BCUT2D eigenvalue weighted by Gasteiger charge is -2.19. The lowest BCUT2D eigenvalue weighted by molar-refractivity contribution is -0.139. The van der Waals surface area contributed by atoms with Gasteiger partial charge in [0.25, 0.3) is 0 Å². The van der Waals surface area contributed by atoms with Gasteiger partial charge in [-0.1, -0.05) is 18.8 Å². The number of carbonyl (C=O) groups is 1. The molecule has 0 amide bonds. The van der Waals surface area contributed by atoms with E-state index in [-0.39, 0.29) is 31.0 Å². The molecule has 0 saturated heterocycles. The molecule has 15 heavy (non-hydrogen) atoms. The summed E-state index contributed by atoms with van der Waals surface area (Å²) in [6.07, 6.45) is -0.667. The van der Waals surface area contributed by atoms with Crippen molar-refractivity contribution in [2.24, 2.45) is 11.8 Å². The molecule has 0 aromatic heterocycles. The first-order valence-electron chi connectivity index (χ1n) is 4.89. The third-order valence-electron chi connectivity index (χ3n) is 2.06. The van der Waals surface area contributed by atoms with Gasteiger partial charge in [-0.05, 0) is 6.92 Å². The topological polar surface area (TPSA) is 66.8 Å². The number of hydrogen-bond acceptors (Lipinski definition) is 4. The van der Waals surface area contributed by atoms with Crippen molar-refractivity contribution in [3.8, 4) is 11.8 Å². The second-order valence-electron chi connectivity index (χ2n) is 3.54. The highest BCUT2D eigenvalue weighted by Crippen LogP contribution is 2.11. The Labute approximate surface area is 90.3 Å². The lowest BCUT2D eigenvalue weighted by Crippen LogP contribution is -2.27. The Kier molecular flexibility index (Phi) is 6.76. The van der Waals surface area contributed by atoms with Crippen LogP contribution in [0, 0.1) is 23.7 Å². The summed E-state index contributed by atoms with van der Waals surface area (Å²) < 4.78 is 4.62. The number of rotatable bonds is 4. The number of aliphatic hydroxyl groups excluding tert-OH is 2. The van der Waals surface area contributed by atoms with Gasteiger partial charge < -0.3 is 14.9 Å². The quantitative estimate of drug-likeness (QED) is 0.517. The van der Waals surface area contributed by atoms with Gasteiger partial charge in [-0.25, -0.2) is 0 Å². The van der Waals surface area contributed by atoms with E-state index in [4.69, 9.17) is 5.11 Å². The lowest BCUT2D eigenvalue weighted by atomic mass is 9.94. The molecule has 0 aromatic rings. The molecule has 0 saturated carbocycles. The Morgan fingerprint density at radius 1 is 1.47 bits per heavy atom. The summed E-state index contributed by atoms with van der Waals surface area (Å²) in [6, 6.07) is 0. The average molecular weight is 214 g/mol. The van der Waals surface area contributed by atoms with Crippen molar-refractivity contribution in [1.29, 1.82) is 0 Å². The largest absolute Gasteiger partial charge is 0.453 e. The zero-order valence-electron chi connectivity index (χ0n) is 9.36. The molecule has 0 aromatic carbocycles. The summed E-state index contributed by atoms with van der Waals surface area (Å²) in [7, 11) is 0. The van der Waals surface area contributed by atoms with Crippen LogP contribution in [-0.2, 0) is 9.53 Å². The molecule has 0 fully saturated rings. The van der Waals surface area contributed by atoms with Crippen molar-refractivity contribution in [3.63, 3.8) is 0 Å². The van der Waals surface area contributed by atoms with Crippen LogP contribution in [0.15, 0.2) is 0 Å². The van der Waals surface area contributed by atoms with Crippen molar-refractivity contribution < 1.29 is 19.7 Å². The van der Waals surface area contributed by atoms with Crippen molar-refractivity contribution in [2.45, 2.75) is 26.9 Å². The van der Waals surface area contributed by atoms with Crippen LogP contribution in [0.25, 0.3) is 0 Å². The minimum absolute atomic E-state index is 0.0416. The number of ether oxygens (including phenoxy) is 1. The smallest absolute Gasteiger partial charge is 0.303 e. The Balaban J connectivity index is 3.99. The molecular formula is C11H18O4. The molecule has 4 heteroatoms. The maximum atomic E-state index is 10.4. The minimum Gasteiger partial charge on any atom is -0.453 e. The SMILES string of the molecule is CC(=O)OCC#C[C@H](C)[C@H](O)[C@@H](C)CO. The Hall–Kier alpha value is -1.05. The summed E-state index contributed by atoms with van der Waals surface area (Å²) in [5.74, 6) is 4.58. The summed E-state index contributed by atoms with van der Waals surface area (Å²) in [6.45, 7) is 4.79. The Morgan fingerprint density at radius 3 is 2.53 bits per heavy atom. The molecule has 3 atom stereocenters. The number of hydrogen-bond donors (Lipinski definition) is 2. The van der Waals surface area contributed by atoms with Gasteiger partial charge in [0.1, 0.15) is 0 Å². The van der Waals surface area contributed by atoms with Crippen molar-refractivity contribution in [2.75, 3.05) is 13.2 Å². The van der Waals surface area contributed by atoms with Crippen LogP contribution in [0.5, 0.6) is 0 Å². The molecule has 0 unspecified atom stereocenters. The van der Waals surface area contributed by atoms with Gasteiger partial charge in [0, 0.05) is 25.4 Å². The standard InChI is InChI=1S/C11H18O4/c1-8(11(14)9(2)7-12)5-4-6-15-10(3)13/h8-9,11-12,14H,6-7H2,1-3H3/t8-,9-,11-/m0/s1. The van der Waals surface area contributed by atoms with Gasteiger partial charge in [0.05, 0.1) is 6.10 Å². The highest BCUT2D eigenvalue weighted by atomic mass is 16.5. The van der Waals surface area contributed by atoms with Gasteiger partial charge in [-0.3, -0.25) is 4.79 Å². The van der Waals surface area contributed by atoms with Crippen LogP contribution < -0.4 is 0 Å². The van der Waals surface area contributed by atoms with E-state index in [0.717, 1.165) is 0 Å². The van der Waals surface area contributed by atoms with Gasteiger partial charge in [0.2, 0.25) is 0 Å². The minimum atomic E-state index is -0.667. The summed E-state index contributed by atoms with van der Waals surface area (Å²) in [5, 5.41) is 18.4. The van der Waals surface area contributed by atoms with Gasteiger partial charge in [-0.2, -0.15) is 0 Å². The molecule has 0 heterocycles. The monoisotopic (exact) mass is 214 g/mol. The van der Waals surface area contributed by atoms with Crippen LogP contribution in [0.1, 0.15) is 20.8 Å². The number of aliphatic hydroxyl groups is 2. The fourth-order valence-corrected chi connectivity index (χ4v) is 1.03. The van der Waals surface area contributed by atoms with E-state index in [2.05, 4.69) is 16.6 Å². The van der Waals surface area contributed by atoms with Crippen LogP contribution in [0.4, 0.5) is 0 Å². The molecule has 4 nitrogen and oxygen atoms in total. The van der Waals surface area contributed by atoms with E-state index in [9.17, 15) is 9.90 Å². The van der Waals surface area contributed by atoms with E-state index in [1.807, 2.05) is 0 Å². The van der Waals surface area contributed by atoms with E-state index in [1.165, 1.54) is 6.92 Å². The summed E-state index contributed by atoms with van der Waals surface area (Å²) >= 11 is 0. The summed E-state index contributed by atoms with van der Waals surface area (Å²) in [4.78, 5) is 10.4. The van der Waals surface area contributed by atoms with E-state index >= 15 is 0 Å². The highest BCUT2D eigenvalue weighted by Gasteiger charge is 2.18. The molecule has 0 spiro atoms. The second kappa shape index (κ2) is 7.27. The number of carbonyl (C=O) groups excluding carboxylic acids is 1. The molecule has 0 bridgehead atoms. The number of esters is 1. The second-order valence-corrected chi connectivity index (χ2v) is 3.54. The molecule has 0 radical (unpaired) electrons. The molecule has 2 N–H and O–H groups in total. The fraction of sp³-hybridized carbons (Fsp3) is 0.727. The molecule has 0 aliphatic rings. The van der Waals surface area contributed by atoms with E-state index < -0.39 is 6.10 Å². The molecule has 0 aliphatic heterocycles. The first-order valence-corrected chi connectivity index (χ1v) is 4.89. The van der Waals surface area contributed by atoms with Crippen LogP contribution >= 0.6 is 0 Å². The zero-order chi connectivity index (χ0) is 11.8. The predicted octanol–water partition coefficient (Wildman–Crippen LogP) is 0.178.